The summed E-state index contributed by atoms with van der Waals surface area (Å²) in [6.45, 7) is 1.89. The number of hydrogen-bond acceptors (Lipinski definition) is 4. The van der Waals surface area contributed by atoms with Gasteiger partial charge in [0, 0.05) is 34.8 Å². The summed E-state index contributed by atoms with van der Waals surface area (Å²) in [7, 11) is 0. The highest BCUT2D eigenvalue weighted by Crippen LogP contribution is 2.44. The second kappa shape index (κ2) is 6.72. The highest BCUT2D eigenvalue weighted by molar-refractivity contribution is 5.88. The molecule has 0 atom stereocenters. The minimum Gasteiger partial charge on any atom is -0.390 e. The van der Waals surface area contributed by atoms with Crippen LogP contribution in [0.4, 0.5) is 0 Å². The summed E-state index contributed by atoms with van der Waals surface area (Å²) >= 11 is 0. The quantitative estimate of drug-likeness (QED) is 0.445. The summed E-state index contributed by atoms with van der Waals surface area (Å²) in [5, 5.41) is 11.2. The summed E-state index contributed by atoms with van der Waals surface area (Å²) in [4.78, 5) is 14.3. The molecule has 5 aromatic rings. The fraction of sp³-hybridized carbons (Fsp3) is 0.192. The van der Waals surface area contributed by atoms with Gasteiger partial charge in [-0.05, 0) is 31.9 Å². The molecule has 1 N–H and O–H groups in total. The van der Waals surface area contributed by atoms with Crippen LogP contribution in [0.25, 0.3) is 38.9 Å². The van der Waals surface area contributed by atoms with Crippen LogP contribution in [0.5, 0.6) is 0 Å². The zero-order valence-electron chi connectivity index (χ0n) is 17.2. The monoisotopic (exact) mass is 406 g/mol. The minimum atomic E-state index is -0.577. The molecule has 0 aliphatic heterocycles. The molecule has 0 bridgehead atoms. The molecule has 1 fully saturated rings. The molecule has 0 radical (unpaired) electrons. The van der Waals surface area contributed by atoms with Crippen LogP contribution in [0.1, 0.15) is 31.5 Å². The highest BCUT2D eigenvalue weighted by Gasteiger charge is 2.41. The summed E-state index contributed by atoms with van der Waals surface area (Å²) in [5.74, 6) is 1.27. The SMILES string of the molecule is CC1(O)CC(c2ncc3c(-c4ccc5ccc(-c6ccccc6)nc5c4)nccn23)C1. The van der Waals surface area contributed by atoms with Gasteiger partial charge in [0.1, 0.15) is 5.82 Å². The molecule has 0 unspecified atom stereocenters. The Morgan fingerprint density at radius 2 is 1.77 bits per heavy atom. The van der Waals surface area contributed by atoms with E-state index in [2.05, 4.69) is 56.8 Å². The van der Waals surface area contributed by atoms with E-state index >= 15 is 0 Å². The Bertz CT molecular complexity index is 1410. The molecule has 31 heavy (non-hydrogen) atoms. The van der Waals surface area contributed by atoms with Crippen LogP contribution >= 0.6 is 0 Å². The maximum absolute atomic E-state index is 10.1. The number of nitrogens with zero attached hydrogens (tertiary/aromatic N) is 4. The molecule has 3 aromatic heterocycles. The summed E-state index contributed by atoms with van der Waals surface area (Å²) in [6, 6.07) is 20.7. The molecule has 2 aromatic carbocycles. The minimum absolute atomic E-state index is 0.277. The molecular formula is C26H22N4O. The number of benzene rings is 2. The Labute approximate surface area is 180 Å². The number of fused-ring (bicyclic) bond motifs is 2. The van der Waals surface area contributed by atoms with Gasteiger partial charge >= 0.3 is 0 Å². The molecule has 0 amide bonds. The van der Waals surface area contributed by atoms with Crippen molar-refractivity contribution in [2.24, 2.45) is 0 Å². The molecular weight excluding hydrogens is 384 g/mol. The van der Waals surface area contributed by atoms with Crippen LogP contribution in [0.15, 0.2) is 79.3 Å². The smallest absolute Gasteiger partial charge is 0.116 e. The van der Waals surface area contributed by atoms with Crippen molar-refractivity contribution in [3.63, 3.8) is 0 Å². The molecule has 6 rings (SSSR count). The van der Waals surface area contributed by atoms with E-state index in [0.29, 0.717) is 0 Å². The van der Waals surface area contributed by atoms with Crippen molar-refractivity contribution in [3.8, 4) is 22.5 Å². The summed E-state index contributed by atoms with van der Waals surface area (Å²) in [5.41, 5.74) is 5.31. The van der Waals surface area contributed by atoms with Crippen molar-refractivity contribution in [2.45, 2.75) is 31.3 Å². The van der Waals surface area contributed by atoms with Gasteiger partial charge < -0.3 is 5.11 Å². The number of hydrogen-bond donors (Lipinski definition) is 1. The zero-order chi connectivity index (χ0) is 21.0. The second-order valence-electron chi connectivity index (χ2n) is 8.72. The van der Waals surface area contributed by atoms with Crippen molar-refractivity contribution >= 4 is 16.4 Å². The van der Waals surface area contributed by atoms with Crippen LogP contribution in [-0.2, 0) is 0 Å². The second-order valence-corrected chi connectivity index (χ2v) is 8.72. The third-order valence-electron chi connectivity index (χ3n) is 6.26. The molecule has 3 heterocycles. The van der Waals surface area contributed by atoms with Crippen molar-refractivity contribution in [2.75, 3.05) is 0 Å². The van der Waals surface area contributed by atoms with Crippen LogP contribution in [0.2, 0.25) is 0 Å². The van der Waals surface area contributed by atoms with Crippen LogP contribution in [0, 0.1) is 0 Å². The normalized spacial score (nSPS) is 20.8. The molecule has 1 saturated carbocycles. The van der Waals surface area contributed by atoms with Gasteiger partial charge in [0.05, 0.1) is 34.2 Å². The first-order valence-electron chi connectivity index (χ1n) is 10.6. The maximum Gasteiger partial charge on any atom is 0.116 e. The lowest BCUT2D eigenvalue weighted by Gasteiger charge is -2.40. The average Bonchev–Trinajstić information content (AvgIpc) is 3.21. The Balaban J connectivity index is 1.44. The van der Waals surface area contributed by atoms with E-state index in [4.69, 9.17) is 4.98 Å². The van der Waals surface area contributed by atoms with Gasteiger partial charge in [-0.25, -0.2) is 9.97 Å². The lowest BCUT2D eigenvalue weighted by atomic mass is 9.72. The van der Waals surface area contributed by atoms with Gasteiger partial charge in [0.2, 0.25) is 0 Å². The lowest BCUT2D eigenvalue weighted by molar-refractivity contribution is -0.0335. The first-order chi connectivity index (χ1) is 15.1. The van der Waals surface area contributed by atoms with E-state index in [0.717, 1.165) is 57.6 Å². The fourth-order valence-electron chi connectivity index (χ4n) is 4.69. The highest BCUT2D eigenvalue weighted by atomic mass is 16.3. The van der Waals surface area contributed by atoms with Crippen molar-refractivity contribution in [3.05, 3.63) is 85.1 Å². The Morgan fingerprint density at radius 1 is 0.968 bits per heavy atom. The van der Waals surface area contributed by atoms with Crippen LogP contribution < -0.4 is 0 Å². The topological polar surface area (TPSA) is 63.3 Å². The largest absolute Gasteiger partial charge is 0.390 e. The third-order valence-corrected chi connectivity index (χ3v) is 6.26. The number of aromatic nitrogens is 4. The van der Waals surface area contributed by atoms with Crippen LogP contribution in [-0.4, -0.2) is 30.1 Å². The fourth-order valence-corrected chi connectivity index (χ4v) is 4.69. The first-order valence-corrected chi connectivity index (χ1v) is 10.6. The predicted molar refractivity (Wildman–Crippen MR) is 122 cm³/mol. The van der Waals surface area contributed by atoms with Crippen LogP contribution in [0.3, 0.4) is 0 Å². The van der Waals surface area contributed by atoms with Gasteiger partial charge in [-0.2, -0.15) is 0 Å². The molecule has 0 saturated heterocycles. The van der Waals surface area contributed by atoms with E-state index in [-0.39, 0.29) is 5.92 Å². The Morgan fingerprint density at radius 3 is 2.58 bits per heavy atom. The summed E-state index contributed by atoms with van der Waals surface area (Å²) in [6.07, 6.45) is 7.16. The Kier molecular flexibility index (Phi) is 3.95. The molecule has 5 heteroatoms. The number of aliphatic hydroxyl groups is 1. The van der Waals surface area contributed by atoms with Gasteiger partial charge in [-0.1, -0.05) is 48.5 Å². The van der Waals surface area contributed by atoms with Crippen molar-refractivity contribution in [1.29, 1.82) is 0 Å². The molecule has 0 spiro atoms. The van der Waals surface area contributed by atoms with Gasteiger partial charge in [0.25, 0.3) is 0 Å². The van der Waals surface area contributed by atoms with Gasteiger partial charge in [-0.3, -0.25) is 9.38 Å². The standard InChI is InChI=1S/C26H22N4O/c1-26(31)14-20(15-26)25-28-16-23-24(27-11-12-30(23)25)19-8-7-18-9-10-21(29-22(18)13-19)17-5-3-2-4-6-17/h2-13,16,20,31H,14-15H2,1H3. The average molecular weight is 406 g/mol. The number of imidazole rings is 1. The predicted octanol–water partition coefficient (Wildman–Crippen LogP) is 5.24. The van der Waals surface area contributed by atoms with E-state index in [1.165, 1.54) is 0 Å². The molecule has 1 aliphatic rings. The Hall–Kier alpha value is -3.57. The van der Waals surface area contributed by atoms with Gasteiger partial charge in [-0.15, -0.1) is 0 Å². The molecule has 1 aliphatic carbocycles. The lowest BCUT2D eigenvalue weighted by Crippen LogP contribution is -2.40. The van der Waals surface area contributed by atoms with E-state index in [1.807, 2.05) is 43.7 Å². The van der Waals surface area contributed by atoms with Gasteiger partial charge in [0.15, 0.2) is 0 Å². The number of rotatable bonds is 3. The zero-order valence-corrected chi connectivity index (χ0v) is 17.2. The van der Waals surface area contributed by atoms with E-state index in [9.17, 15) is 5.11 Å². The third kappa shape index (κ3) is 3.09. The molecule has 152 valence electrons. The number of pyridine rings is 1. The maximum atomic E-state index is 10.1. The summed E-state index contributed by atoms with van der Waals surface area (Å²) < 4.78 is 2.11. The molecule has 5 nitrogen and oxygen atoms in total. The first kappa shape index (κ1) is 18.2. The van der Waals surface area contributed by atoms with Crippen molar-refractivity contribution in [1.82, 2.24) is 19.4 Å². The van der Waals surface area contributed by atoms with E-state index < -0.39 is 5.60 Å². The van der Waals surface area contributed by atoms with E-state index in [1.54, 1.807) is 0 Å². The van der Waals surface area contributed by atoms with Crippen molar-refractivity contribution < 1.29 is 5.11 Å².